The van der Waals surface area contributed by atoms with E-state index in [1.807, 2.05) is 47.9 Å². The largest absolute Gasteiger partial charge is 0.312 e. The normalized spacial score (nSPS) is 11.8. The molecule has 3 aromatic rings. The van der Waals surface area contributed by atoms with Crippen molar-refractivity contribution in [3.05, 3.63) is 76.1 Å². The summed E-state index contributed by atoms with van der Waals surface area (Å²) >= 11 is 7.51. The van der Waals surface area contributed by atoms with Gasteiger partial charge in [0, 0.05) is 17.1 Å². The first-order valence-corrected chi connectivity index (χ1v) is 8.34. The predicted molar refractivity (Wildman–Crippen MR) is 96.1 cm³/mol. The fourth-order valence-corrected chi connectivity index (χ4v) is 3.71. The van der Waals surface area contributed by atoms with Crippen molar-refractivity contribution in [1.82, 2.24) is 4.57 Å². The second-order valence-corrected chi connectivity index (χ2v) is 6.57. The van der Waals surface area contributed by atoms with Crippen molar-refractivity contribution in [2.24, 2.45) is 4.99 Å². The predicted octanol–water partition coefficient (Wildman–Crippen LogP) is 4.59. The number of carbonyl (C=O) groups is 1. The Hall–Kier alpha value is -2.17. The van der Waals surface area contributed by atoms with Gasteiger partial charge in [0.05, 0.1) is 10.2 Å². The topological polar surface area (TPSA) is 34.4 Å². The van der Waals surface area contributed by atoms with Gasteiger partial charge in [-0.15, -0.1) is 6.58 Å². The number of hydrogen-bond acceptors (Lipinski definition) is 2. The summed E-state index contributed by atoms with van der Waals surface area (Å²) < 4.78 is 2.97. The Morgan fingerprint density at radius 3 is 2.87 bits per heavy atom. The smallest absolute Gasteiger partial charge is 0.279 e. The van der Waals surface area contributed by atoms with Crippen LogP contribution in [0.25, 0.3) is 10.2 Å². The van der Waals surface area contributed by atoms with Gasteiger partial charge in [-0.25, -0.2) is 0 Å². The lowest BCUT2D eigenvalue weighted by molar-refractivity contribution is 0.0997. The van der Waals surface area contributed by atoms with E-state index in [-0.39, 0.29) is 5.91 Å². The number of halogens is 1. The van der Waals surface area contributed by atoms with Crippen LogP contribution in [-0.2, 0) is 6.54 Å². The number of fused-ring (bicyclic) bond motifs is 1. The molecule has 0 saturated heterocycles. The molecule has 0 atom stereocenters. The molecule has 5 heteroatoms. The molecule has 116 valence electrons. The third-order valence-corrected chi connectivity index (χ3v) is 4.81. The number of nitrogens with zero attached hydrogens (tertiary/aromatic N) is 2. The summed E-state index contributed by atoms with van der Waals surface area (Å²) in [6, 6.07) is 13.1. The lowest BCUT2D eigenvalue weighted by Crippen LogP contribution is -2.16. The van der Waals surface area contributed by atoms with Crippen LogP contribution in [0.5, 0.6) is 0 Å². The van der Waals surface area contributed by atoms with Crippen molar-refractivity contribution in [1.29, 1.82) is 0 Å². The van der Waals surface area contributed by atoms with Crippen molar-refractivity contribution in [2.75, 3.05) is 0 Å². The maximum Gasteiger partial charge on any atom is 0.279 e. The first-order chi connectivity index (χ1) is 11.1. The highest BCUT2D eigenvalue weighted by Crippen LogP contribution is 2.22. The number of allylic oxidation sites excluding steroid dienone is 1. The van der Waals surface area contributed by atoms with Crippen molar-refractivity contribution < 1.29 is 4.79 Å². The lowest BCUT2D eigenvalue weighted by Gasteiger charge is -2.02. The summed E-state index contributed by atoms with van der Waals surface area (Å²) in [5.41, 5.74) is 2.53. The minimum atomic E-state index is -0.237. The first kappa shape index (κ1) is 15.7. The quantitative estimate of drug-likeness (QED) is 0.641. The fraction of sp³-hybridized carbons (Fsp3) is 0.111. The highest BCUT2D eigenvalue weighted by Gasteiger charge is 2.10. The van der Waals surface area contributed by atoms with Gasteiger partial charge in [0.1, 0.15) is 0 Å². The maximum atomic E-state index is 12.5. The molecule has 0 radical (unpaired) electrons. The van der Waals surface area contributed by atoms with Crippen LogP contribution in [0, 0.1) is 6.92 Å². The van der Waals surface area contributed by atoms with Crippen LogP contribution in [0.15, 0.2) is 60.1 Å². The van der Waals surface area contributed by atoms with Crippen molar-refractivity contribution in [3.63, 3.8) is 0 Å². The molecule has 1 aromatic heterocycles. The Balaban J connectivity index is 2.18. The summed E-state index contributed by atoms with van der Waals surface area (Å²) in [6.07, 6.45) is 1.79. The van der Waals surface area contributed by atoms with Crippen LogP contribution in [0.4, 0.5) is 0 Å². The lowest BCUT2D eigenvalue weighted by atomic mass is 10.1. The maximum absolute atomic E-state index is 12.5. The minimum Gasteiger partial charge on any atom is -0.312 e. The van der Waals surface area contributed by atoms with Crippen LogP contribution in [-0.4, -0.2) is 10.5 Å². The summed E-state index contributed by atoms with van der Waals surface area (Å²) in [5.74, 6) is -0.237. The molecule has 0 bridgehead atoms. The van der Waals surface area contributed by atoms with E-state index in [1.54, 1.807) is 12.1 Å². The molecule has 0 aliphatic heterocycles. The van der Waals surface area contributed by atoms with E-state index in [0.29, 0.717) is 21.9 Å². The number of aromatic nitrogens is 1. The number of amides is 1. The minimum absolute atomic E-state index is 0.237. The third kappa shape index (κ3) is 3.14. The Morgan fingerprint density at radius 1 is 1.35 bits per heavy atom. The van der Waals surface area contributed by atoms with Crippen LogP contribution < -0.4 is 4.80 Å². The molecule has 1 heterocycles. The molecule has 0 aliphatic rings. The number of hydrogen-bond donors (Lipinski definition) is 0. The van der Waals surface area contributed by atoms with Crippen LogP contribution >= 0.6 is 22.9 Å². The second-order valence-electron chi connectivity index (χ2n) is 5.13. The van der Waals surface area contributed by atoms with Gasteiger partial charge in [-0.05, 0) is 36.8 Å². The van der Waals surface area contributed by atoms with E-state index in [1.165, 1.54) is 11.3 Å². The monoisotopic (exact) mass is 342 g/mol. The van der Waals surface area contributed by atoms with Crippen molar-refractivity contribution in [2.45, 2.75) is 13.5 Å². The average Bonchev–Trinajstić information content (AvgIpc) is 2.84. The van der Waals surface area contributed by atoms with Crippen LogP contribution in [0.2, 0.25) is 5.02 Å². The molecule has 23 heavy (non-hydrogen) atoms. The summed E-state index contributed by atoms with van der Waals surface area (Å²) in [7, 11) is 0. The summed E-state index contributed by atoms with van der Waals surface area (Å²) in [4.78, 5) is 17.5. The third-order valence-electron chi connectivity index (χ3n) is 3.53. The highest BCUT2D eigenvalue weighted by molar-refractivity contribution is 7.16. The molecule has 0 N–H and O–H groups in total. The molecule has 3 nitrogen and oxygen atoms in total. The van der Waals surface area contributed by atoms with E-state index < -0.39 is 0 Å². The van der Waals surface area contributed by atoms with Gasteiger partial charge in [-0.3, -0.25) is 4.79 Å². The first-order valence-electron chi connectivity index (χ1n) is 7.14. The Kier molecular flexibility index (Phi) is 4.46. The van der Waals surface area contributed by atoms with Crippen molar-refractivity contribution >= 4 is 39.1 Å². The van der Waals surface area contributed by atoms with Gasteiger partial charge in [-0.1, -0.05) is 47.2 Å². The zero-order valence-corrected chi connectivity index (χ0v) is 14.2. The Labute approximate surface area is 143 Å². The number of benzene rings is 2. The molecule has 0 spiro atoms. The van der Waals surface area contributed by atoms with Gasteiger partial charge in [0.15, 0.2) is 4.80 Å². The fourth-order valence-electron chi connectivity index (χ4n) is 2.40. The van der Waals surface area contributed by atoms with E-state index in [9.17, 15) is 4.79 Å². The Bertz CT molecular complexity index is 969. The SMILES string of the molecule is C=CCn1c(=NC(=O)c2ccccc2C)sc2cc(Cl)ccc21. The molecule has 0 fully saturated rings. The number of carbonyl (C=O) groups excluding carboxylic acids is 1. The molecule has 1 amide bonds. The number of thiazole rings is 1. The molecule has 0 saturated carbocycles. The van der Waals surface area contributed by atoms with Gasteiger partial charge in [0.2, 0.25) is 0 Å². The van der Waals surface area contributed by atoms with E-state index in [4.69, 9.17) is 11.6 Å². The molecular weight excluding hydrogens is 328 g/mol. The van der Waals surface area contributed by atoms with E-state index >= 15 is 0 Å². The molecular formula is C18H15ClN2OS. The zero-order valence-electron chi connectivity index (χ0n) is 12.6. The van der Waals surface area contributed by atoms with E-state index in [2.05, 4.69) is 11.6 Å². The van der Waals surface area contributed by atoms with Gasteiger partial charge in [-0.2, -0.15) is 4.99 Å². The van der Waals surface area contributed by atoms with E-state index in [0.717, 1.165) is 15.8 Å². The second kappa shape index (κ2) is 6.52. The van der Waals surface area contributed by atoms with Crippen LogP contribution in [0.1, 0.15) is 15.9 Å². The summed E-state index contributed by atoms with van der Waals surface area (Å²) in [6.45, 7) is 6.28. The van der Waals surface area contributed by atoms with Crippen molar-refractivity contribution in [3.8, 4) is 0 Å². The zero-order chi connectivity index (χ0) is 16.4. The van der Waals surface area contributed by atoms with Gasteiger partial charge in [0.25, 0.3) is 5.91 Å². The van der Waals surface area contributed by atoms with Gasteiger partial charge >= 0.3 is 0 Å². The standard InChI is InChI=1S/C18H15ClN2OS/c1-3-10-21-15-9-8-13(19)11-16(15)23-18(21)20-17(22)14-7-5-4-6-12(14)2/h3-9,11H,1,10H2,2H3. The molecule has 3 rings (SSSR count). The molecule has 2 aromatic carbocycles. The Morgan fingerprint density at radius 2 is 2.13 bits per heavy atom. The number of aryl methyl sites for hydroxylation is 1. The highest BCUT2D eigenvalue weighted by atomic mass is 35.5. The molecule has 0 aliphatic carbocycles. The summed E-state index contributed by atoms with van der Waals surface area (Å²) in [5, 5.41) is 0.668. The van der Waals surface area contributed by atoms with Gasteiger partial charge < -0.3 is 4.57 Å². The molecule has 0 unspecified atom stereocenters. The number of rotatable bonds is 3. The van der Waals surface area contributed by atoms with Crippen LogP contribution in [0.3, 0.4) is 0 Å². The average molecular weight is 343 g/mol.